The maximum absolute atomic E-state index is 5.82. The Morgan fingerprint density at radius 1 is 1.36 bits per heavy atom. The SMILES string of the molecule is CCCCNCc1ccc(C)c(N)c1. The highest BCUT2D eigenvalue weighted by molar-refractivity contribution is 5.48. The maximum atomic E-state index is 5.82. The molecule has 0 aliphatic rings. The third-order valence-corrected chi connectivity index (χ3v) is 2.38. The Kier molecular flexibility index (Phi) is 4.47. The Morgan fingerprint density at radius 3 is 2.79 bits per heavy atom. The molecule has 0 amide bonds. The van der Waals surface area contributed by atoms with Gasteiger partial charge in [0.05, 0.1) is 0 Å². The van der Waals surface area contributed by atoms with Crippen LogP contribution in [0.2, 0.25) is 0 Å². The third-order valence-electron chi connectivity index (χ3n) is 2.38. The van der Waals surface area contributed by atoms with Gasteiger partial charge in [0, 0.05) is 12.2 Å². The molecular formula is C12H20N2. The first kappa shape index (κ1) is 11.1. The molecule has 2 heteroatoms. The summed E-state index contributed by atoms with van der Waals surface area (Å²) in [4.78, 5) is 0. The average Bonchev–Trinajstić information content (AvgIpc) is 2.18. The molecule has 0 aliphatic heterocycles. The number of anilines is 1. The topological polar surface area (TPSA) is 38.0 Å². The number of nitrogens with two attached hydrogens (primary N) is 1. The minimum Gasteiger partial charge on any atom is -0.399 e. The smallest absolute Gasteiger partial charge is 0.0346 e. The first-order valence-electron chi connectivity index (χ1n) is 5.29. The fourth-order valence-corrected chi connectivity index (χ4v) is 1.33. The van der Waals surface area contributed by atoms with Crippen LogP contribution in [-0.4, -0.2) is 6.54 Å². The highest BCUT2D eigenvalue weighted by Crippen LogP contribution is 2.12. The fourth-order valence-electron chi connectivity index (χ4n) is 1.33. The number of hydrogen-bond acceptors (Lipinski definition) is 2. The predicted octanol–water partition coefficient (Wildman–Crippen LogP) is 2.47. The summed E-state index contributed by atoms with van der Waals surface area (Å²) in [6.07, 6.45) is 2.48. The van der Waals surface area contributed by atoms with Gasteiger partial charge in [-0.2, -0.15) is 0 Å². The zero-order chi connectivity index (χ0) is 10.4. The number of hydrogen-bond donors (Lipinski definition) is 2. The molecule has 3 N–H and O–H groups in total. The lowest BCUT2D eigenvalue weighted by Gasteiger charge is -2.06. The Hall–Kier alpha value is -1.02. The summed E-state index contributed by atoms with van der Waals surface area (Å²) >= 11 is 0. The van der Waals surface area contributed by atoms with Crippen LogP contribution < -0.4 is 11.1 Å². The van der Waals surface area contributed by atoms with E-state index in [4.69, 9.17) is 5.73 Å². The minimum absolute atomic E-state index is 0.889. The molecule has 2 nitrogen and oxygen atoms in total. The molecule has 14 heavy (non-hydrogen) atoms. The van der Waals surface area contributed by atoms with E-state index >= 15 is 0 Å². The zero-order valence-electron chi connectivity index (χ0n) is 9.14. The molecule has 0 heterocycles. The Labute approximate surface area is 86.5 Å². The van der Waals surface area contributed by atoms with Crippen molar-refractivity contribution in [2.24, 2.45) is 0 Å². The second kappa shape index (κ2) is 5.66. The van der Waals surface area contributed by atoms with Gasteiger partial charge >= 0.3 is 0 Å². The number of unbranched alkanes of at least 4 members (excludes halogenated alkanes) is 1. The summed E-state index contributed by atoms with van der Waals surface area (Å²) in [6.45, 7) is 6.24. The summed E-state index contributed by atoms with van der Waals surface area (Å²) in [5.74, 6) is 0. The molecule has 0 aliphatic carbocycles. The van der Waals surface area contributed by atoms with Crippen molar-refractivity contribution in [3.8, 4) is 0 Å². The molecule has 0 fully saturated rings. The van der Waals surface area contributed by atoms with Crippen molar-refractivity contribution in [1.29, 1.82) is 0 Å². The first-order valence-corrected chi connectivity index (χ1v) is 5.29. The number of nitrogens with one attached hydrogen (secondary N) is 1. The van der Waals surface area contributed by atoms with Gasteiger partial charge in [-0.15, -0.1) is 0 Å². The zero-order valence-corrected chi connectivity index (χ0v) is 9.14. The van der Waals surface area contributed by atoms with Gasteiger partial charge in [0.15, 0.2) is 0 Å². The van der Waals surface area contributed by atoms with Crippen LogP contribution in [0.15, 0.2) is 18.2 Å². The number of benzene rings is 1. The van der Waals surface area contributed by atoms with Crippen molar-refractivity contribution >= 4 is 5.69 Å². The monoisotopic (exact) mass is 192 g/mol. The van der Waals surface area contributed by atoms with E-state index < -0.39 is 0 Å². The highest BCUT2D eigenvalue weighted by atomic mass is 14.8. The standard InChI is InChI=1S/C12H20N2/c1-3-4-7-14-9-11-6-5-10(2)12(13)8-11/h5-6,8,14H,3-4,7,9,13H2,1-2H3. The predicted molar refractivity (Wildman–Crippen MR) is 62.2 cm³/mol. The fraction of sp³-hybridized carbons (Fsp3) is 0.500. The summed E-state index contributed by atoms with van der Waals surface area (Å²) in [7, 11) is 0. The Morgan fingerprint density at radius 2 is 2.14 bits per heavy atom. The van der Waals surface area contributed by atoms with Crippen molar-refractivity contribution in [1.82, 2.24) is 5.32 Å². The minimum atomic E-state index is 0.889. The van der Waals surface area contributed by atoms with Gasteiger partial charge in [-0.05, 0) is 37.1 Å². The highest BCUT2D eigenvalue weighted by Gasteiger charge is 1.96. The van der Waals surface area contributed by atoms with Gasteiger partial charge in [-0.3, -0.25) is 0 Å². The molecule has 0 bridgehead atoms. The van der Waals surface area contributed by atoms with Crippen LogP contribution in [0.25, 0.3) is 0 Å². The number of aryl methyl sites for hydroxylation is 1. The molecule has 0 atom stereocenters. The summed E-state index contributed by atoms with van der Waals surface area (Å²) in [5.41, 5.74) is 9.13. The van der Waals surface area contributed by atoms with Crippen LogP contribution in [0.4, 0.5) is 5.69 Å². The lowest BCUT2D eigenvalue weighted by atomic mass is 10.1. The van der Waals surface area contributed by atoms with Crippen LogP contribution >= 0.6 is 0 Å². The molecule has 1 rings (SSSR count). The average molecular weight is 192 g/mol. The summed E-state index contributed by atoms with van der Waals surface area (Å²) in [6, 6.07) is 6.26. The quantitative estimate of drug-likeness (QED) is 0.555. The molecular weight excluding hydrogens is 172 g/mol. The lowest BCUT2D eigenvalue weighted by molar-refractivity contribution is 0.641. The van der Waals surface area contributed by atoms with E-state index in [9.17, 15) is 0 Å². The molecule has 1 aromatic rings. The Bertz CT molecular complexity index is 282. The van der Waals surface area contributed by atoms with Crippen LogP contribution in [-0.2, 0) is 6.54 Å². The molecule has 78 valence electrons. The van der Waals surface area contributed by atoms with Gasteiger partial charge < -0.3 is 11.1 Å². The van der Waals surface area contributed by atoms with Crippen molar-refractivity contribution in [2.75, 3.05) is 12.3 Å². The van der Waals surface area contributed by atoms with Crippen molar-refractivity contribution in [2.45, 2.75) is 33.2 Å². The molecule has 0 aromatic heterocycles. The van der Waals surface area contributed by atoms with Gasteiger partial charge in [0.1, 0.15) is 0 Å². The van der Waals surface area contributed by atoms with Crippen LogP contribution in [0.3, 0.4) is 0 Å². The molecule has 0 radical (unpaired) electrons. The third kappa shape index (κ3) is 3.38. The largest absolute Gasteiger partial charge is 0.399 e. The van der Waals surface area contributed by atoms with E-state index in [-0.39, 0.29) is 0 Å². The van der Waals surface area contributed by atoms with Crippen molar-refractivity contribution in [3.63, 3.8) is 0 Å². The number of nitrogen functional groups attached to an aromatic ring is 1. The Balaban J connectivity index is 2.39. The van der Waals surface area contributed by atoms with Crippen LogP contribution in [0.5, 0.6) is 0 Å². The van der Waals surface area contributed by atoms with Crippen molar-refractivity contribution in [3.05, 3.63) is 29.3 Å². The van der Waals surface area contributed by atoms with E-state index in [2.05, 4.69) is 24.4 Å². The molecule has 0 unspecified atom stereocenters. The molecule has 0 saturated heterocycles. The molecule has 0 spiro atoms. The molecule has 0 saturated carbocycles. The van der Waals surface area contributed by atoms with Gasteiger partial charge in [0.25, 0.3) is 0 Å². The van der Waals surface area contributed by atoms with E-state index in [0.717, 1.165) is 24.3 Å². The van der Waals surface area contributed by atoms with E-state index in [0.29, 0.717) is 0 Å². The van der Waals surface area contributed by atoms with E-state index in [1.807, 2.05) is 13.0 Å². The number of rotatable bonds is 5. The second-order valence-corrected chi connectivity index (χ2v) is 3.72. The maximum Gasteiger partial charge on any atom is 0.0346 e. The lowest BCUT2D eigenvalue weighted by Crippen LogP contribution is -2.14. The van der Waals surface area contributed by atoms with Crippen LogP contribution in [0, 0.1) is 6.92 Å². The second-order valence-electron chi connectivity index (χ2n) is 3.72. The van der Waals surface area contributed by atoms with Crippen LogP contribution in [0.1, 0.15) is 30.9 Å². The first-order chi connectivity index (χ1) is 6.74. The van der Waals surface area contributed by atoms with Gasteiger partial charge in [-0.1, -0.05) is 25.5 Å². The van der Waals surface area contributed by atoms with Gasteiger partial charge in [-0.25, -0.2) is 0 Å². The van der Waals surface area contributed by atoms with E-state index in [1.54, 1.807) is 0 Å². The summed E-state index contributed by atoms with van der Waals surface area (Å²) < 4.78 is 0. The molecule has 1 aromatic carbocycles. The van der Waals surface area contributed by atoms with Gasteiger partial charge in [0.2, 0.25) is 0 Å². The summed E-state index contributed by atoms with van der Waals surface area (Å²) in [5, 5.41) is 3.39. The van der Waals surface area contributed by atoms with Crippen molar-refractivity contribution < 1.29 is 0 Å². The normalized spacial score (nSPS) is 10.4. The van der Waals surface area contributed by atoms with E-state index in [1.165, 1.54) is 18.4 Å².